The van der Waals surface area contributed by atoms with Gasteiger partial charge in [0.05, 0.1) is 23.9 Å². The fourth-order valence-electron chi connectivity index (χ4n) is 17.3. The van der Waals surface area contributed by atoms with Crippen molar-refractivity contribution in [1.82, 2.24) is 41.2 Å². The summed E-state index contributed by atoms with van der Waals surface area (Å²) in [5, 5.41) is 36.2. The number of hydroxylamine groups is 4. The second-order valence-electron chi connectivity index (χ2n) is 35.2. The molecule has 4 saturated heterocycles. The quantitative estimate of drug-likeness (QED) is 0.0107. The van der Waals surface area contributed by atoms with E-state index in [1.54, 1.807) is 9.80 Å². The molecule has 0 aromatic heterocycles. The van der Waals surface area contributed by atoms with Crippen molar-refractivity contribution in [3.63, 3.8) is 0 Å². The van der Waals surface area contributed by atoms with Crippen molar-refractivity contribution in [3.8, 4) is 0 Å². The van der Waals surface area contributed by atoms with Crippen molar-refractivity contribution in [1.29, 1.82) is 0 Å². The average Bonchev–Trinajstić information content (AvgIpc) is 1.62. The van der Waals surface area contributed by atoms with E-state index < -0.39 is 70.3 Å². The van der Waals surface area contributed by atoms with Gasteiger partial charge in [0.15, 0.2) is 11.6 Å². The van der Waals surface area contributed by atoms with Gasteiger partial charge in [0.1, 0.15) is 25.3 Å². The van der Waals surface area contributed by atoms with Crippen molar-refractivity contribution in [2.75, 3.05) is 26.2 Å². The second kappa shape index (κ2) is 50.2. The van der Waals surface area contributed by atoms with Gasteiger partial charge in [0.25, 0.3) is 0 Å². The van der Waals surface area contributed by atoms with Gasteiger partial charge in [-0.1, -0.05) is 195 Å². The Kier molecular flexibility index (Phi) is 44.2. The second-order valence-corrected chi connectivity index (χ2v) is 47.0. The summed E-state index contributed by atoms with van der Waals surface area (Å²) in [6.45, 7) is 30.7. The van der Waals surface area contributed by atoms with Crippen molar-refractivity contribution in [2.24, 2.45) is 47.3 Å². The first-order valence-corrected chi connectivity index (χ1v) is 50.1. The van der Waals surface area contributed by atoms with Crippen LogP contribution in [0.1, 0.15) is 229 Å². The summed E-state index contributed by atoms with van der Waals surface area (Å²) in [6, 6.07) is 35.9. The summed E-state index contributed by atoms with van der Waals surface area (Å²) >= 11 is 4.74. The molecule has 0 radical (unpaired) electrons. The van der Waals surface area contributed by atoms with Gasteiger partial charge in [-0.2, -0.15) is 10.1 Å². The standard InChI is InChI=1S/2C45H66N4O6.CH4.CH3.2HI.V/c2*1-32(2)26-33(3)22-23-37(27-34-16-10-8-11-17-34)42(52)48-25-15-21-39(48)41(51)47-38(20-14-24-46-43(53)55-31-35-18-12-9-13-19-35)40(50)28-36-29-44(4,5)49(54)45(6,7)30-36;;;;;/h2*8-13,16-19,22-23,32-33,36-39,54H,14-15,20-21,24-31H2,1-7H3,(H,46,53)(H,47,51);1H4;1H3;2*1H;/q;;;-1;;;+2/p-2/b2*23-22+;;;;;/t2*33-,37-,38+,39-;;;;;/m11...../s1. The minimum absolute atomic E-state index is 0. The number of nitrogens with one attached hydrogen (secondary N) is 4. The van der Waals surface area contributed by atoms with Gasteiger partial charge in [-0.3, -0.25) is 28.8 Å². The fourth-order valence-corrected chi connectivity index (χ4v) is 17.3. The number of hydrogen-bond acceptors (Lipinski definition) is 14. The third-order valence-electron chi connectivity index (χ3n) is 22.1. The average molecular weight is 1850 g/mol. The number of halogens is 2. The molecule has 4 aliphatic heterocycles. The zero-order valence-corrected chi connectivity index (χ0v) is 76.4. The van der Waals surface area contributed by atoms with E-state index in [2.05, 4.69) is 115 Å². The van der Waals surface area contributed by atoms with Crippen LogP contribution in [0.25, 0.3) is 0 Å². The molecule has 0 saturated carbocycles. The molecule has 4 aromatic rings. The van der Waals surface area contributed by atoms with E-state index in [1.165, 1.54) is 10.1 Å². The summed E-state index contributed by atoms with van der Waals surface area (Å²) < 4.78 is 10.7. The SMILES string of the molecule is C.CC(C)C[C@H](C)/C=C/[C@H](Cc1ccccc1)C(=O)N1CCC[C@@H]1C(=O)N[C@@H](CCCNC(=O)OCc1ccccc1)C(=O)CC1CC(C)(C)N(O)C(C)(C)C1.CC(C)C[C@H](C)/C=C/[C@H](Cc1ccccc1)C(=O)N1CCC[C@@H]1C(=O)N[C@@H](CCCNC(=O)OCc1ccccc1)C(=O)CC1CC(C)(C)N(O)C(C)(C)C1.[CH3-].[I][V][I]. The number of ketones is 2. The predicted molar refractivity (Wildman–Crippen MR) is 473 cm³/mol. The van der Waals surface area contributed by atoms with Gasteiger partial charge >= 0.3 is 61.6 Å². The molecule has 20 nitrogen and oxygen atoms in total. The minimum atomic E-state index is -0.789. The number of alkyl carbamates (subject to hydrolysis) is 2. The number of carbonyl (C=O) groups is 8. The first-order chi connectivity index (χ1) is 53.5. The monoisotopic (exact) mass is 1850 g/mol. The number of hydrogen-bond donors (Lipinski definition) is 6. The predicted octanol–water partition coefficient (Wildman–Crippen LogP) is 18.6. The number of nitrogens with zero attached hydrogens (tertiary/aromatic N) is 4. The number of rotatable bonds is 36. The Morgan fingerprint density at radius 3 is 1.08 bits per heavy atom. The maximum atomic E-state index is 14.3. The topological polar surface area (TPSA) is 257 Å². The van der Waals surface area contributed by atoms with E-state index >= 15 is 0 Å². The first-order valence-electron chi connectivity index (χ1n) is 41.0. The Hall–Kier alpha value is -6.00. The molecule has 8 atom stereocenters. The number of allylic oxidation sites excluding steroid dienone is 2. The van der Waals surface area contributed by atoms with E-state index in [-0.39, 0.29) is 101 Å². The molecular weight excluding hydrogens is 1710 g/mol. The molecule has 639 valence electrons. The van der Waals surface area contributed by atoms with E-state index in [0.717, 1.165) is 35.1 Å². The molecule has 8 rings (SSSR count). The van der Waals surface area contributed by atoms with Gasteiger partial charge in [-0.25, -0.2) is 9.59 Å². The molecule has 0 aliphatic carbocycles. The number of ether oxygens (including phenoxy) is 2. The molecule has 0 bridgehead atoms. The maximum absolute atomic E-state index is 14.3. The third-order valence-corrected chi connectivity index (χ3v) is 22.1. The molecule has 6 N–H and O–H groups in total. The van der Waals surface area contributed by atoms with Crippen LogP contribution in [0.4, 0.5) is 9.59 Å². The first kappa shape index (κ1) is 101. The third kappa shape index (κ3) is 34.3. The molecule has 4 fully saturated rings. The number of carbonyl (C=O) groups excluding carboxylic acids is 8. The summed E-state index contributed by atoms with van der Waals surface area (Å²) in [5.74, 6) is -0.0458. The Morgan fingerprint density at radius 2 is 0.783 bits per heavy atom. The Bertz CT molecular complexity index is 3390. The van der Waals surface area contributed by atoms with Crippen LogP contribution in [0, 0.1) is 54.8 Å². The van der Waals surface area contributed by atoms with Gasteiger partial charge in [0.2, 0.25) is 23.6 Å². The van der Waals surface area contributed by atoms with Gasteiger partial charge in [0, 0.05) is 61.2 Å². The van der Waals surface area contributed by atoms with Crippen LogP contribution >= 0.6 is 40.0 Å². The van der Waals surface area contributed by atoms with Crippen LogP contribution in [0.2, 0.25) is 0 Å². The summed E-state index contributed by atoms with van der Waals surface area (Å²) in [4.78, 5) is 113. The molecule has 4 heterocycles. The van der Waals surface area contributed by atoms with Crippen LogP contribution in [0.3, 0.4) is 0 Å². The molecule has 23 heteroatoms. The van der Waals surface area contributed by atoms with Crippen LogP contribution in [-0.4, -0.2) is 150 Å². The number of piperidine rings is 2. The molecule has 0 spiro atoms. The normalized spacial score (nSPS) is 19.5. The van der Waals surface area contributed by atoms with Crippen molar-refractivity contribution in [2.45, 2.75) is 279 Å². The fraction of sp³-hybridized carbons (Fsp3) is 0.598. The Labute approximate surface area is 718 Å². The van der Waals surface area contributed by atoms with E-state index in [9.17, 15) is 48.8 Å². The number of Topliss-reactive ketones (excluding diaryl/α,β-unsaturated/α-hetero) is 2. The Balaban J connectivity index is 0.000000460. The Morgan fingerprint density at radius 1 is 0.487 bits per heavy atom. The van der Waals surface area contributed by atoms with Crippen molar-refractivity contribution >= 4 is 87.3 Å². The van der Waals surface area contributed by atoms with Crippen LogP contribution in [0.5, 0.6) is 0 Å². The molecule has 4 aromatic carbocycles. The zero-order chi connectivity index (χ0) is 83.1. The van der Waals surface area contributed by atoms with Crippen molar-refractivity contribution < 1.29 is 67.7 Å². The van der Waals surface area contributed by atoms with Gasteiger partial charge in [-0.05, 0) is 216 Å². The van der Waals surface area contributed by atoms with Gasteiger partial charge < -0.3 is 58.4 Å². The zero-order valence-electron chi connectivity index (χ0n) is 70.7. The molecule has 4 aliphatic rings. The van der Waals surface area contributed by atoms with Gasteiger partial charge in [-0.15, -0.1) is 0 Å². The molecular formula is C92H139I2N8O12V-. The van der Waals surface area contributed by atoms with Crippen molar-refractivity contribution in [3.05, 3.63) is 175 Å². The summed E-state index contributed by atoms with van der Waals surface area (Å²) in [6.07, 6.45) is 17.4. The van der Waals surface area contributed by atoms with E-state index in [1.807, 2.05) is 189 Å². The molecule has 0 unspecified atom stereocenters. The van der Waals surface area contributed by atoms with E-state index in [4.69, 9.17) is 9.47 Å². The summed E-state index contributed by atoms with van der Waals surface area (Å²) in [7, 11) is 0.628. The van der Waals surface area contributed by atoms with Crippen LogP contribution < -0.4 is 21.3 Å². The number of likely N-dealkylation sites (tertiary alicyclic amines) is 2. The molecule has 115 heavy (non-hydrogen) atoms. The van der Waals surface area contributed by atoms with E-state index in [0.29, 0.717) is 136 Å². The molecule has 6 amide bonds. The number of amides is 6. The van der Waals surface area contributed by atoms with Crippen LogP contribution in [0.15, 0.2) is 146 Å². The van der Waals surface area contributed by atoms with Crippen LogP contribution in [-0.2, 0) is 73.8 Å². The summed E-state index contributed by atoms with van der Waals surface area (Å²) in [5.41, 5.74) is 1.82. The number of benzene rings is 4.